The molecule has 9 heteroatoms. The van der Waals surface area contributed by atoms with Gasteiger partial charge in [-0.1, -0.05) is 13.8 Å². The number of nitrogens with zero attached hydrogens (tertiary/aromatic N) is 4. The zero-order valence-corrected chi connectivity index (χ0v) is 18.7. The van der Waals surface area contributed by atoms with Crippen LogP contribution >= 0.6 is 0 Å². The van der Waals surface area contributed by atoms with Gasteiger partial charge in [-0.25, -0.2) is 14.6 Å². The molecule has 0 aromatic carbocycles. The molecule has 3 N–H and O–H groups in total. The van der Waals surface area contributed by atoms with Crippen molar-refractivity contribution in [3.8, 4) is 5.82 Å². The Morgan fingerprint density at radius 3 is 2.69 bits per heavy atom. The number of nitrogens with one attached hydrogen (secondary N) is 1. The van der Waals surface area contributed by atoms with Gasteiger partial charge in [-0.05, 0) is 49.9 Å². The van der Waals surface area contributed by atoms with E-state index in [-0.39, 0.29) is 22.9 Å². The Morgan fingerprint density at radius 2 is 2.00 bits per heavy atom. The van der Waals surface area contributed by atoms with Gasteiger partial charge in [0, 0.05) is 25.7 Å². The highest BCUT2D eigenvalue weighted by Gasteiger charge is 2.38. The first-order chi connectivity index (χ1) is 15.3. The molecule has 0 spiro atoms. The van der Waals surface area contributed by atoms with E-state index in [4.69, 9.17) is 20.6 Å². The number of hydrogen-bond acceptors (Lipinski definition) is 7. The van der Waals surface area contributed by atoms with Crippen molar-refractivity contribution in [2.75, 3.05) is 18.5 Å². The number of carbonyl (C=O) groups is 2. The molecule has 1 amide bonds. The van der Waals surface area contributed by atoms with Gasteiger partial charge in [0.15, 0.2) is 23.1 Å². The summed E-state index contributed by atoms with van der Waals surface area (Å²) < 4.78 is 7.19. The number of primary amides is 1. The summed E-state index contributed by atoms with van der Waals surface area (Å²) in [5.41, 5.74) is 8.04. The number of rotatable bonds is 6. The molecule has 170 valence electrons. The van der Waals surface area contributed by atoms with Crippen molar-refractivity contribution >= 4 is 17.5 Å². The summed E-state index contributed by atoms with van der Waals surface area (Å²) in [6.45, 7) is 5.52. The molecule has 2 fully saturated rings. The minimum Gasteiger partial charge on any atom is -0.381 e. The van der Waals surface area contributed by atoms with Crippen LogP contribution in [0, 0.1) is 11.3 Å². The van der Waals surface area contributed by atoms with Crippen LogP contribution in [0.4, 0.5) is 5.82 Å². The van der Waals surface area contributed by atoms with Gasteiger partial charge in [0.1, 0.15) is 0 Å². The van der Waals surface area contributed by atoms with Gasteiger partial charge in [0.25, 0.3) is 5.91 Å². The maximum Gasteiger partial charge on any atom is 0.271 e. The number of ether oxygens (including phenoxy) is 1. The van der Waals surface area contributed by atoms with Gasteiger partial charge in [0.2, 0.25) is 0 Å². The Kier molecular flexibility index (Phi) is 5.23. The second-order valence-corrected chi connectivity index (χ2v) is 10.1. The maximum atomic E-state index is 13.1. The van der Waals surface area contributed by atoms with Crippen molar-refractivity contribution in [3.05, 3.63) is 28.8 Å². The lowest BCUT2D eigenvalue weighted by atomic mass is 9.75. The van der Waals surface area contributed by atoms with E-state index < -0.39 is 5.91 Å². The number of Topliss-reactive ketones (excluding diaryl/α,β-unsaturated/α-hetero) is 1. The number of hydrogen-bond donors (Lipinski definition) is 2. The number of nitrogens with two attached hydrogens (primary N) is 1. The van der Waals surface area contributed by atoms with Crippen molar-refractivity contribution in [1.29, 1.82) is 0 Å². The Bertz CT molecular complexity index is 1070. The first-order valence-corrected chi connectivity index (χ1v) is 11.5. The summed E-state index contributed by atoms with van der Waals surface area (Å²) >= 11 is 0. The van der Waals surface area contributed by atoms with E-state index in [1.54, 1.807) is 4.68 Å². The molecule has 3 aliphatic rings. The Morgan fingerprint density at radius 1 is 1.25 bits per heavy atom. The fraction of sp³-hybridized carbons (Fsp3) is 0.609. The molecular formula is C23H30N6O3. The number of amides is 1. The van der Waals surface area contributed by atoms with Gasteiger partial charge < -0.3 is 15.8 Å². The van der Waals surface area contributed by atoms with Crippen LogP contribution in [0.5, 0.6) is 0 Å². The minimum atomic E-state index is -0.633. The van der Waals surface area contributed by atoms with Crippen LogP contribution in [-0.4, -0.2) is 50.7 Å². The molecule has 0 bridgehead atoms. The molecule has 0 atom stereocenters. The second kappa shape index (κ2) is 7.95. The van der Waals surface area contributed by atoms with Crippen LogP contribution in [0.25, 0.3) is 5.82 Å². The van der Waals surface area contributed by atoms with E-state index in [2.05, 4.69) is 24.1 Å². The van der Waals surface area contributed by atoms with Crippen molar-refractivity contribution < 1.29 is 14.3 Å². The van der Waals surface area contributed by atoms with Gasteiger partial charge in [-0.3, -0.25) is 9.59 Å². The van der Waals surface area contributed by atoms with Crippen LogP contribution in [-0.2, 0) is 17.6 Å². The molecule has 3 heterocycles. The fourth-order valence-electron chi connectivity index (χ4n) is 4.75. The van der Waals surface area contributed by atoms with E-state index >= 15 is 0 Å². The quantitative estimate of drug-likeness (QED) is 0.710. The largest absolute Gasteiger partial charge is 0.381 e. The highest BCUT2D eigenvalue weighted by atomic mass is 16.5. The Hall–Kier alpha value is -2.81. The van der Waals surface area contributed by atoms with Gasteiger partial charge in [-0.2, -0.15) is 5.10 Å². The van der Waals surface area contributed by atoms with E-state index in [1.807, 2.05) is 0 Å². The first kappa shape index (κ1) is 21.1. The van der Waals surface area contributed by atoms with E-state index in [0.717, 1.165) is 42.6 Å². The summed E-state index contributed by atoms with van der Waals surface area (Å²) in [7, 11) is 0. The summed E-state index contributed by atoms with van der Waals surface area (Å²) in [6.07, 6.45) is 7.60. The zero-order valence-electron chi connectivity index (χ0n) is 18.7. The fourth-order valence-corrected chi connectivity index (χ4v) is 4.75. The van der Waals surface area contributed by atoms with E-state index in [0.29, 0.717) is 37.2 Å². The number of aromatic nitrogens is 4. The summed E-state index contributed by atoms with van der Waals surface area (Å²) in [5, 5.41) is 8.18. The number of anilines is 1. The third kappa shape index (κ3) is 4.13. The molecule has 0 radical (unpaired) electrons. The summed E-state index contributed by atoms with van der Waals surface area (Å²) in [5.74, 6) is 0.983. The lowest BCUT2D eigenvalue weighted by molar-refractivity contribution is 0.0901. The normalized spacial score (nSPS) is 20.8. The Labute approximate surface area is 187 Å². The molecule has 2 aliphatic carbocycles. The third-order valence-corrected chi connectivity index (χ3v) is 6.57. The van der Waals surface area contributed by atoms with Crippen LogP contribution in [0.15, 0.2) is 6.20 Å². The number of fused-ring (bicyclic) bond motifs is 1. The topological polar surface area (TPSA) is 125 Å². The van der Waals surface area contributed by atoms with Crippen molar-refractivity contribution in [2.45, 2.75) is 64.8 Å². The summed E-state index contributed by atoms with van der Waals surface area (Å²) in [4.78, 5) is 34.1. The smallest absolute Gasteiger partial charge is 0.271 e. The standard InChI is InChI=1S/C23H30N6O3/c1-23(2)10-16-19(17(30)11-23)15(9-13-3-4-13)28-29(16)18-12-25-20(21(24)31)22(27-18)26-14-5-7-32-8-6-14/h12-14H,3-11H2,1-2H3,(H2,24,31)(H,26,27). The lowest BCUT2D eigenvalue weighted by Crippen LogP contribution is -2.30. The average Bonchev–Trinajstić information content (AvgIpc) is 3.47. The summed E-state index contributed by atoms with van der Waals surface area (Å²) in [6, 6.07) is 0.129. The third-order valence-electron chi connectivity index (χ3n) is 6.57. The Balaban J connectivity index is 1.57. The lowest BCUT2D eigenvalue weighted by Gasteiger charge is -2.29. The number of carbonyl (C=O) groups excluding carboxylic acids is 2. The monoisotopic (exact) mass is 438 g/mol. The highest BCUT2D eigenvalue weighted by molar-refractivity contribution is 6.00. The van der Waals surface area contributed by atoms with Crippen LogP contribution in [0.3, 0.4) is 0 Å². The molecule has 1 saturated carbocycles. The molecule has 2 aromatic heterocycles. The molecular weight excluding hydrogens is 408 g/mol. The van der Waals surface area contributed by atoms with Gasteiger partial charge in [-0.15, -0.1) is 0 Å². The average molecular weight is 439 g/mol. The van der Waals surface area contributed by atoms with Crippen molar-refractivity contribution in [1.82, 2.24) is 19.7 Å². The predicted molar refractivity (Wildman–Crippen MR) is 118 cm³/mol. The molecule has 0 unspecified atom stereocenters. The van der Waals surface area contributed by atoms with E-state index in [9.17, 15) is 9.59 Å². The highest BCUT2D eigenvalue weighted by Crippen LogP contribution is 2.40. The zero-order chi connectivity index (χ0) is 22.5. The van der Waals surface area contributed by atoms with Gasteiger partial charge >= 0.3 is 0 Å². The first-order valence-electron chi connectivity index (χ1n) is 11.5. The molecule has 32 heavy (non-hydrogen) atoms. The van der Waals surface area contributed by atoms with Crippen molar-refractivity contribution in [2.24, 2.45) is 17.1 Å². The molecule has 1 saturated heterocycles. The SMILES string of the molecule is CC1(C)CC(=O)c2c(CC3CC3)nn(-c3cnc(C(N)=O)c(NC4CCOCC4)n3)c2C1. The molecule has 2 aromatic rings. The van der Waals surface area contributed by atoms with Crippen LogP contribution < -0.4 is 11.1 Å². The van der Waals surface area contributed by atoms with Crippen LogP contribution in [0.1, 0.15) is 78.2 Å². The predicted octanol–water partition coefficient (Wildman–Crippen LogP) is 2.46. The number of ketones is 1. The minimum absolute atomic E-state index is 0.107. The molecule has 1 aliphatic heterocycles. The maximum absolute atomic E-state index is 13.1. The molecule has 9 nitrogen and oxygen atoms in total. The second-order valence-electron chi connectivity index (χ2n) is 10.1. The van der Waals surface area contributed by atoms with Crippen molar-refractivity contribution in [3.63, 3.8) is 0 Å². The van der Waals surface area contributed by atoms with E-state index in [1.165, 1.54) is 19.0 Å². The van der Waals surface area contributed by atoms with Crippen LogP contribution in [0.2, 0.25) is 0 Å². The van der Waals surface area contributed by atoms with Gasteiger partial charge in [0.05, 0.1) is 23.1 Å². The molecule has 5 rings (SSSR count).